The molecule has 1 unspecified atom stereocenters. The molecule has 1 aliphatic rings. The second kappa shape index (κ2) is 5.59. The van der Waals surface area contributed by atoms with Gasteiger partial charge in [-0.3, -0.25) is 4.79 Å². The van der Waals surface area contributed by atoms with Gasteiger partial charge in [0.25, 0.3) is 0 Å². The molecule has 25 heavy (non-hydrogen) atoms. The fourth-order valence-corrected chi connectivity index (χ4v) is 4.73. The fourth-order valence-electron chi connectivity index (χ4n) is 3.63. The van der Waals surface area contributed by atoms with Crippen LogP contribution in [-0.4, -0.2) is 23.0 Å². The zero-order valence-corrected chi connectivity index (χ0v) is 15.4. The van der Waals surface area contributed by atoms with E-state index in [0.717, 1.165) is 33.9 Å². The number of imidazole rings is 1. The highest BCUT2D eigenvalue weighted by molar-refractivity contribution is 7.10. The highest BCUT2D eigenvalue weighted by Gasteiger charge is 2.67. The maximum Gasteiger partial charge on any atom is 0.232 e. The largest absolute Gasteiger partial charge is 0.497 e. The van der Waals surface area contributed by atoms with E-state index < -0.39 is 5.41 Å². The number of nitrogens with one attached hydrogen (secondary N) is 2. The van der Waals surface area contributed by atoms with Gasteiger partial charge in [-0.25, -0.2) is 4.98 Å². The molecule has 0 radical (unpaired) electrons. The van der Waals surface area contributed by atoms with Crippen molar-refractivity contribution in [2.45, 2.75) is 32.2 Å². The van der Waals surface area contributed by atoms with E-state index >= 15 is 0 Å². The number of aromatic nitrogens is 2. The molecule has 2 aromatic heterocycles. The number of aromatic amines is 1. The molecular weight excluding hydrogens is 334 g/mol. The first kappa shape index (κ1) is 16.1. The van der Waals surface area contributed by atoms with Gasteiger partial charge >= 0.3 is 0 Å². The van der Waals surface area contributed by atoms with Crippen molar-refractivity contribution in [3.8, 4) is 5.75 Å². The van der Waals surface area contributed by atoms with Gasteiger partial charge in [0.05, 0.1) is 30.1 Å². The summed E-state index contributed by atoms with van der Waals surface area (Å²) >= 11 is 1.65. The second-order valence-corrected chi connectivity index (χ2v) is 8.14. The van der Waals surface area contributed by atoms with Crippen molar-refractivity contribution in [2.75, 3.05) is 7.11 Å². The number of carbonyl (C=O) groups excluding carboxylic acids is 1. The van der Waals surface area contributed by atoms with Crippen LogP contribution >= 0.6 is 11.3 Å². The fraction of sp³-hybridized carbons (Fsp3) is 0.368. The molecule has 2 heterocycles. The molecule has 1 aliphatic carbocycles. The average Bonchev–Trinajstić information content (AvgIpc) is 3.01. The Bertz CT molecular complexity index is 929. The van der Waals surface area contributed by atoms with Crippen LogP contribution in [0, 0.1) is 5.41 Å². The Kier molecular flexibility index (Phi) is 3.61. The number of hydrogen-bond donors (Lipinski definition) is 2. The Hall–Kier alpha value is -2.34. The van der Waals surface area contributed by atoms with Crippen LogP contribution in [0.2, 0.25) is 0 Å². The molecule has 0 saturated heterocycles. The molecule has 3 aromatic rings. The van der Waals surface area contributed by atoms with Gasteiger partial charge in [-0.1, -0.05) is 19.9 Å². The molecule has 0 aliphatic heterocycles. The predicted octanol–water partition coefficient (Wildman–Crippen LogP) is 3.62. The van der Waals surface area contributed by atoms with E-state index in [1.54, 1.807) is 18.4 Å². The number of ether oxygens (including phenoxy) is 1. The molecule has 0 bridgehead atoms. The first-order chi connectivity index (χ1) is 12.0. The monoisotopic (exact) mass is 355 g/mol. The lowest BCUT2D eigenvalue weighted by atomic mass is 9.93. The van der Waals surface area contributed by atoms with Crippen LogP contribution in [0.15, 0.2) is 35.7 Å². The second-order valence-electron chi connectivity index (χ2n) is 7.19. The minimum absolute atomic E-state index is 0.0107. The molecular formula is C19H21N3O2S. The highest BCUT2D eigenvalue weighted by Crippen LogP contribution is 2.65. The summed E-state index contributed by atoms with van der Waals surface area (Å²) in [7, 11) is 1.64. The SMILES string of the molecule is COc1ccc2nc(CNC(=O)C3(c4cccs4)CC3(C)C)[nH]c2c1. The average molecular weight is 355 g/mol. The molecule has 5 nitrogen and oxygen atoms in total. The van der Waals surface area contributed by atoms with Crippen LogP contribution in [0.25, 0.3) is 11.0 Å². The maximum absolute atomic E-state index is 13.0. The lowest BCUT2D eigenvalue weighted by molar-refractivity contribution is -0.124. The molecule has 6 heteroatoms. The third-order valence-corrected chi connectivity index (χ3v) is 6.25. The normalized spacial score (nSPS) is 21.2. The van der Waals surface area contributed by atoms with Crippen LogP contribution in [0.1, 0.15) is 31.0 Å². The van der Waals surface area contributed by atoms with Crippen LogP contribution in [0.3, 0.4) is 0 Å². The van der Waals surface area contributed by atoms with Gasteiger partial charge in [0.2, 0.25) is 5.91 Å². The number of amides is 1. The van der Waals surface area contributed by atoms with Crippen molar-refractivity contribution in [2.24, 2.45) is 5.41 Å². The smallest absolute Gasteiger partial charge is 0.232 e. The van der Waals surface area contributed by atoms with Crippen molar-refractivity contribution in [1.82, 2.24) is 15.3 Å². The molecule has 1 amide bonds. The van der Waals surface area contributed by atoms with E-state index in [-0.39, 0.29) is 11.3 Å². The van der Waals surface area contributed by atoms with Gasteiger partial charge in [0.1, 0.15) is 11.6 Å². The quantitative estimate of drug-likeness (QED) is 0.735. The summed E-state index contributed by atoms with van der Waals surface area (Å²) in [5.74, 6) is 1.61. The molecule has 2 N–H and O–H groups in total. The van der Waals surface area contributed by atoms with E-state index in [9.17, 15) is 4.79 Å². The Morgan fingerprint density at radius 3 is 2.84 bits per heavy atom. The number of hydrogen-bond acceptors (Lipinski definition) is 4. The number of fused-ring (bicyclic) bond motifs is 1. The van der Waals surface area contributed by atoms with Gasteiger partial charge in [0, 0.05) is 10.9 Å². The molecule has 1 aromatic carbocycles. The van der Waals surface area contributed by atoms with Gasteiger partial charge in [-0.2, -0.15) is 0 Å². The number of carbonyl (C=O) groups is 1. The molecule has 1 fully saturated rings. The van der Waals surface area contributed by atoms with E-state index in [1.165, 1.54) is 0 Å². The van der Waals surface area contributed by atoms with E-state index in [4.69, 9.17) is 4.74 Å². The van der Waals surface area contributed by atoms with Gasteiger partial charge in [0.15, 0.2) is 0 Å². The Morgan fingerprint density at radius 2 is 2.20 bits per heavy atom. The highest BCUT2D eigenvalue weighted by atomic mass is 32.1. The minimum atomic E-state index is -0.406. The van der Waals surface area contributed by atoms with Crippen molar-refractivity contribution in [3.05, 3.63) is 46.4 Å². The summed E-state index contributed by atoms with van der Waals surface area (Å²) in [6.45, 7) is 4.69. The number of thiophene rings is 1. The first-order valence-electron chi connectivity index (χ1n) is 8.31. The third kappa shape index (κ3) is 2.52. The Morgan fingerprint density at radius 1 is 1.40 bits per heavy atom. The zero-order chi connectivity index (χ0) is 17.7. The molecule has 130 valence electrons. The lowest BCUT2D eigenvalue weighted by Gasteiger charge is -2.18. The van der Waals surface area contributed by atoms with Crippen LogP contribution in [0.4, 0.5) is 0 Å². The number of H-pyrrole nitrogens is 1. The van der Waals surface area contributed by atoms with Gasteiger partial charge in [-0.15, -0.1) is 11.3 Å². The Balaban J connectivity index is 1.52. The number of methoxy groups -OCH3 is 1. The van der Waals surface area contributed by atoms with E-state index in [0.29, 0.717) is 6.54 Å². The zero-order valence-electron chi connectivity index (χ0n) is 14.6. The molecule has 0 spiro atoms. The van der Waals surface area contributed by atoms with Gasteiger partial charge < -0.3 is 15.0 Å². The lowest BCUT2D eigenvalue weighted by Crippen LogP contribution is -2.37. The van der Waals surface area contributed by atoms with Crippen molar-refractivity contribution >= 4 is 28.3 Å². The Labute approximate surface area is 150 Å². The maximum atomic E-state index is 13.0. The number of nitrogens with zero attached hydrogens (tertiary/aromatic N) is 1. The first-order valence-corrected chi connectivity index (χ1v) is 9.19. The van der Waals surface area contributed by atoms with E-state index in [2.05, 4.69) is 35.2 Å². The predicted molar refractivity (Wildman–Crippen MR) is 98.9 cm³/mol. The standard InChI is InChI=1S/C19H21N3O2S/c1-18(2)11-19(18,15-5-4-8-25-15)17(23)20-10-16-21-13-7-6-12(24-3)9-14(13)22-16/h4-9H,10-11H2,1-3H3,(H,20,23)(H,21,22). The van der Waals surface area contributed by atoms with Crippen LogP contribution in [-0.2, 0) is 16.8 Å². The summed E-state index contributed by atoms with van der Waals surface area (Å²) in [4.78, 5) is 21.9. The van der Waals surface area contributed by atoms with Crippen molar-refractivity contribution in [3.63, 3.8) is 0 Å². The van der Waals surface area contributed by atoms with E-state index in [1.807, 2.05) is 29.6 Å². The summed E-state index contributed by atoms with van der Waals surface area (Å²) in [5, 5.41) is 5.11. The van der Waals surface area contributed by atoms with Crippen molar-refractivity contribution < 1.29 is 9.53 Å². The van der Waals surface area contributed by atoms with Gasteiger partial charge in [-0.05, 0) is 35.4 Å². The van der Waals surface area contributed by atoms with Crippen LogP contribution in [0.5, 0.6) is 5.75 Å². The topological polar surface area (TPSA) is 67.0 Å². The molecule has 4 rings (SSSR count). The van der Waals surface area contributed by atoms with Crippen LogP contribution < -0.4 is 10.1 Å². The van der Waals surface area contributed by atoms with Crippen molar-refractivity contribution in [1.29, 1.82) is 0 Å². The summed E-state index contributed by atoms with van der Waals surface area (Å²) in [6, 6.07) is 9.77. The number of benzene rings is 1. The summed E-state index contributed by atoms with van der Waals surface area (Å²) in [5.41, 5.74) is 1.35. The minimum Gasteiger partial charge on any atom is -0.497 e. The third-order valence-electron chi connectivity index (χ3n) is 5.22. The molecule has 1 atom stereocenters. The number of rotatable bonds is 5. The molecule has 1 saturated carbocycles. The summed E-state index contributed by atoms with van der Waals surface area (Å²) in [6.07, 6.45) is 0.879. The summed E-state index contributed by atoms with van der Waals surface area (Å²) < 4.78 is 5.23.